The van der Waals surface area contributed by atoms with Crippen LogP contribution in [0.4, 0.5) is 0 Å². The summed E-state index contributed by atoms with van der Waals surface area (Å²) in [4.78, 5) is 11.4. The molecule has 1 aromatic heterocycles. The van der Waals surface area contributed by atoms with E-state index in [1.54, 1.807) is 24.5 Å². The average molecular weight is 208 g/mol. The van der Waals surface area contributed by atoms with Crippen LogP contribution in [0.5, 0.6) is 0 Å². The first-order valence-electron chi connectivity index (χ1n) is 4.77. The van der Waals surface area contributed by atoms with E-state index >= 15 is 0 Å². The maximum Gasteiger partial charge on any atom is 0.244 e. The summed E-state index contributed by atoms with van der Waals surface area (Å²) in [6.45, 7) is 4.13. The van der Waals surface area contributed by atoms with E-state index in [1.807, 2.05) is 13.8 Å². The summed E-state index contributed by atoms with van der Waals surface area (Å²) in [5.41, 5.74) is 5.10. The van der Waals surface area contributed by atoms with Crippen molar-refractivity contribution in [3.05, 3.63) is 30.2 Å². The summed E-state index contributed by atoms with van der Waals surface area (Å²) in [6, 6.07) is 3.54. The van der Waals surface area contributed by atoms with Crippen LogP contribution in [0.15, 0.2) is 28.9 Å². The molecule has 0 saturated heterocycles. The highest BCUT2D eigenvalue weighted by atomic mass is 16.3. The van der Waals surface area contributed by atoms with Gasteiger partial charge in [-0.1, -0.05) is 0 Å². The van der Waals surface area contributed by atoms with Crippen molar-refractivity contribution in [2.24, 2.45) is 5.73 Å². The second kappa shape index (κ2) is 4.79. The van der Waals surface area contributed by atoms with Gasteiger partial charge in [0.1, 0.15) is 5.76 Å². The Morgan fingerprint density at radius 2 is 2.40 bits per heavy atom. The number of nitrogens with two attached hydrogens (primary N) is 1. The van der Waals surface area contributed by atoms with E-state index < -0.39 is 0 Å². The van der Waals surface area contributed by atoms with Crippen molar-refractivity contribution < 1.29 is 9.21 Å². The van der Waals surface area contributed by atoms with Crippen molar-refractivity contribution in [1.82, 2.24) is 5.32 Å². The van der Waals surface area contributed by atoms with E-state index in [4.69, 9.17) is 10.2 Å². The largest absolute Gasteiger partial charge is 0.465 e. The third-order valence-corrected chi connectivity index (χ3v) is 1.91. The Hall–Kier alpha value is -1.55. The van der Waals surface area contributed by atoms with E-state index in [1.165, 1.54) is 6.08 Å². The van der Waals surface area contributed by atoms with E-state index in [0.717, 1.165) is 0 Å². The molecule has 1 amide bonds. The number of carbonyl (C=O) groups is 1. The molecule has 4 heteroatoms. The zero-order valence-corrected chi connectivity index (χ0v) is 8.99. The maximum atomic E-state index is 11.4. The first-order chi connectivity index (χ1) is 7.03. The Morgan fingerprint density at radius 3 is 2.93 bits per heavy atom. The predicted octanol–water partition coefficient (Wildman–Crippen LogP) is 1.15. The fourth-order valence-electron chi connectivity index (χ4n) is 0.970. The van der Waals surface area contributed by atoms with Gasteiger partial charge in [0.05, 0.1) is 6.26 Å². The molecule has 0 aliphatic heterocycles. The average Bonchev–Trinajstić information content (AvgIpc) is 2.66. The highest BCUT2D eigenvalue weighted by Crippen LogP contribution is 2.03. The summed E-state index contributed by atoms with van der Waals surface area (Å²) in [5, 5.41) is 2.78. The third kappa shape index (κ3) is 3.99. The zero-order valence-electron chi connectivity index (χ0n) is 8.99. The Labute approximate surface area is 89.1 Å². The van der Waals surface area contributed by atoms with Gasteiger partial charge in [0, 0.05) is 18.2 Å². The van der Waals surface area contributed by atoms with E-state index in [0.29, 0.717) is 12.3 Å². The Balaban J connectivity index is 2.50. The molecule has 1 rings (SSSR count). The minimum Gasteiger partial charge on any atom is -0.465 e. The molecule has 0 unspecified atom stereocenters. The van der Waals surface area contributed by atoms with Crippen LogP contribution in [0.1, 0.15) is 19.6 Å². The number of hydrogen-bond donors (Lipinski definition) is 2. The molecule has 0 aliphatic carbocycles. The molecule has 0 radical (unpaired) electrons. The molecule has 1 aromatic rings. The van der Waals surface area contributed by atoms with E-state index in [9.17, 15) is 4.79 Å². The van der Waals surface area contributed by atoms with Crippen molar-refractivity contribution in [2.45, 2.75) is 19.4 Å². The first kappa shape index (κ1) is 11.5. The maximum absolute atomic E-state index is 11.4. The Bertz CT molecular complexity index is 339. The molecule has 15 heavy (non-hydrogen) atoms. The second-order valence-electron chi connectivity index (χ2n) is 3.93. The lowest BCUT2D eigenvalue weighted by Crippen LogP contribution is -2.48. The Morgan fingerprint density at radius 1 is 1.67 bits per heavy atom. The van der Waals surface area contributed by atoms with Gasteiger partial charge in [-0.15, -0.1) is 0 Å². The molecular weight excluding hydrogens is 192 g/mol. The molecule has 4 nitrogen and oxygen atoms in total. The van der Waals surface area contributed by atoms with E-state index in [-0.39, 0.29) is 11.4 Å². The lowest BCUT2D eigenvalue weighted by molar-refractivity contribution is -0.117. The third-order valence-electron chi connectivity index (χ3n) is 1.91. The molecule has 0 saturated carbocycles. The lowest BCUT2D eigenvalue weighted by atomic mass is 10.1. The van der Waals surface area contributed by atoms with Crippen molar-refractivity contribution in [1.29, 1.82) is 0 Å². The van der Waals surface area contributed by atoms with Gasteiger partial charge in [-0.3, -0.25) is 4.79 Å². The van der Waals surface area contributed by atoms with Crippen molar-refractivity contribution >= 4 is 12.0 Å². The molecule has 1 heterocycles. The van der Waals surface area contributed by atoms with Crippen LogP contribution in [0.3, 0.4) is 0 Å². The van der Waals surface area contributed by atoms with Gasteiger partial charge < -0.3 is 15.5 Å². The van der Waals surface area contributed by atoms with Crippen LogP contribution in [0.25, 0.3) is 6.08 Å². The standard InChI is InChI=1S/C11H16N2O2/c1-11(2,8-12)13-10(14)6-5-9-4-3-7-15-9/h3-7H,8,12H2,1-2H3,(H,13,14). The van der Waals surface area contributed by atoms with Crippen LogP contribution >= 0.6 is 0 Å². The number of hydrogen-bond acceptors (Lipinski definition) is 3. The predicted molar refractivity (Wildman–Crippen MR) is 59.0 cm³/mol. The first-order valence-corrected chi connectivity index (χ1v) is 4.77. The zero-order chi connectivity index (χ0) is 11.3. The molecule has 82 valence electrons. The highest BCUT2D eigenvalue weighted by Gasteiger charge is 2.16. The number of furan rings is 1. The van der Waals surface area contributed by atoms with Gasteiger partial charge in [0.2, 0.25) is 5.91 Å². The van der Waals surface area contributed by atoms with Crippen LogP contribution < -0.4 is 11.1 Å². The number of rotatable bonds is 4. The van der Waals surface area contributed by atoms with Crippen LogP contribution in [0.2, 0.25) is 0 Å². The van der Waals surface area contributed by atoms with Gasteiger partial charge in [-0.05, 0) is 32.1 Å². The molecule has 0 fully saturated rings. The molecular formula is C11H16N2O2. The normalized spacial score (nSPS) is 11.9. The van der Waals surface area contributed by atoms with Crippen LogP contribution in [-0.4, -0.2) is 18.0 Å². The summed E-state index contributed by atoms with van der Waals surface area (Å²) >= 11 is 0. The molecule has 0 aromatic carbocycles. The molecule has 0 spiro atoms. The highest BCUT2D eigenvalue weighted by molar-refractivity contribution is 5.91. The summed E-state index contributed by atoms with van der Waals surface area (Å²) in [5.74, 6) is 0.470. The van der Waals surface area contributed by atoms with Crippen molar-refractivity contribution in [3.63, 3.8) is 0 Å². The summed E-state index contributed by atoms with van der Waals surface area (Å²) in [7, 11) is 0. The van der Waals surface area contributed by atoms with E-state index in [2.05, 4.69) is 5.32 Å². The summed E-state index contributed by atoms with van der Waals surface area (Å²) in [6.07, 6.45) is 4.60. The smallest absolute Gasteiger partial charge is 0.244 e. The molecule has 3 N–H and O–H groups in total. The molecule has 0 atom stereocenters. The number of carbonyl (C=O) groups excluding carboxylic acids is 1. The van der Waals surface area contributed by atoms with Crippen molar-refractivity contribution in [3.8, 4) is 0 Å². The Kier molecular flexibility index (Phi) is 3.68. The molecule has 0 bridgehead atoms. The van der Waals surface area contributed by atoms with Crippen LogP contribution in [0, 0.1) is 0 Å². The van der Waals surface area contributed by atoms with Gasteiger partial charge in [0.15, 0.2) is 0 Å². The fourth-order valence-corrected chi connectivity index (χ4v) is 0.970. The number of nitrogens with one attached hydrogen (secondary N) is 1. The fraction of sp³-hybridized carbons (Fsp3) is 0.364. The van der Waals surface area contributed by atoms with Gasteiger partial charge in [-0.25, -0.2) is 0 Å². The second-order valence-corrected chi connectivity index (χ2v) is 3.93. The van der Waals surface area contributed by atoms with Gasteiger partial charge >= 0.3 is 0 Å². The monoisotopic (exact) mass is 208 g/mol. The number of amides is 1. The van der Waals surface area contributed by atoms with Crippen LogP contribution in [-0.2, 0) is 4.79 Å². The minimum atomic E-state index is -0.384. The van der Waals surface area contributed by atoms with Gasteiger partial charge in [0.25, 0.3) is 0 Å². The van der Waals surface area contributed by atoms with Gasteiger partial charge in [-0.2, -0.15) is 0 Å². The van der Waals surface area contributed by atoms with Crippen molar-refractivity contribution in [2.75, 3.05) is 6.54 Å². The SMILES string of the molecule is CC(C)(CN)NC(=O)C=Cc1ccco1. The summed E-state index contributed by atoms with van der Waals surface area (Å²) < 4.78 is 5.05. The minimum absolute atomic E-state index is 0.179. The quantitative estimate of drug-likeness (QED) is 0.729. The molecule has 0 aliphatic rings. The lowest BCUT2D eigenvalue weighted by Gasteiger charge is -2.23. The topological polar surface area (TPSA) is 68.3 Å².